The van der Waals surface area contributed by atoms with E-state index in [-0.39, 0.29) is 10.8 Å². The lowest BCUT2D eigenvalue weighted by molar-refractivity contribution is 0.317. The summed E-state index contributed by atoms with van der Waals surface area (Å²) in [4.78, 5) is 3.89. The lowest BCUT2D eigenvalue weighted by atomic mass is 9.85. The summed E-state index contributed by atoms with van der Waals surface area (Å²) in [5.41, 5.74) is 5.27. The molecule has 1 atom stereocenters. The molecule has 2 N–H and O–H groups in total. The van der Waals surface area contributed by atoms with Gasteiger partial charge in [0, 0.05) is 30.3 Å². The molecule has 4 rings (SSSR count). The van der Waals surface area contributed by atoms with Crippen molar-refractivity contribution in [3.8, 4) is 11.1 Å². The van der Waals surface area contributed by atoms with Gasteiger partial charge in [0.25, 0.3) is 10.1 Å². The Hall–Kier alpha value is -3.81. The van der Waals surface area contributed by atoms with Crippen molar-refractivity contribution in [2.24, 2.45) is 5.16 Å². The minimum Gasteiger partial charge on any atom is -0.411 e. The van der Waals surface area contributed by atoms with Gasteiger partial charge in [-0.05, 0) is 46.5 Å². The highest BCUT2D eigenvalue weighted by Gasteiger charge is 2.19. The van der Waals surface area contributed by atoms with Crippen LogP contribution in [0.4, 0.5) is 0 Å². The smallest absolute Gasteiger partial charge is 0.294 e. The third-order valence-electron chi connectivity index (χ3n) is 5.53. The normalized spacial score (nSPS) is 12.9. The maximum absolute atomic E-state index is 11.3. The van der Waals surface area contributed by atoms with E-state index < -0.39 is 10.1 Å². The lowest BCUT2D eigenvalue weighted by Crippen LogP contribution is -2.10. The van der Waals surface area contributed by atoms with Crippen molar-refractivity contribution in [3.05, 3.63) is 120 Å². The average molecular weight is 459 g/mol. The van der Waals surface area contributed by atoms with E-state index in [0.717, 1.165) is 27.8 Å². The van der Waals surface area contributed by atoms with Crippen molar-refractivity contribution in [3.63, 3.8) is 0 Å². The fourth-order valence-corrected chi connectivity index (χ4v) is 4.27. The number of oxime groups is 1. The van der Waals surface area contributed by atoms with Gasteiger partial charge in [0.15, 0.2) is 0 Å². The summed E-state index contributed by atoms with van der Waals surface area (Å²) < 4.78 is 31.7. The van der Waals surface area contributed by atoms with Crippen molar-refractivity contribution in [1.29, 1.82) is 0 Å². The van der Waals surface area contributed by atoms with Gasteiger partial charge in [0.2, 0.25) is 0 Å². The van der Waals surface area contributed by atoms with Crippen molar-refractivity contribution < 1.29 is 18.2 Å². The van der Waals surface area contributed by atoms with E-state index in [9.17, 15) is 18.2 Å². The molecule has 0 bridgehead atoms. The Bertz CT molecular complexity index is 1340. The minimum atomic E-state index is -4.22. The molecule has 0 saturated heterocycles. The zero-order valence-corrected chi connectivity index (χ0v) is 18.4. The van der Waals surface area contributed by atoms with Crippen LogP contribution in [0.1, 0.15) is 29.0 Å². The van der Waals surface area contributed by atoms with Crippen LogP contribution in [0.5, 0.6) is 0 Å². The molecule has 3 aromatic carbocycles. The van der Waals surface area contributed by atoms with Crippen LogP contribution in [0.15, 0.2) is 113 Å². The van der Waals surface area contributed by atoms with Crippen molar-refractivity contribution in [2.75, 3.05) is 0 Å². The summed E-state index contributed by atoms with van der Waals surface area (Å²) in [5, 5.41) is 13.3. The third-order valence-corrected chi connectivity index (χ3v) is 6.40. The highest BCUT2D eigenvalue weighted by Crippen LogP contribution is 2.31. The molecule has 33 heavy (non-hydrogen) atoms. The summed E-state index contributed by atoms with van der Waals surface area (Å²) in [6.45, 7) is 0. The molecular weight excluding hydrogens is 436 g/mol. The van der Waals surface area contributed by atoms with Crippen LogP contribution >= 0.6 is 0 Å². The van der Waals surface area contributed by atoms with Crippen LogP contribution in [0.3, 0.4) is 0 Å². The number of aromatic nitrogens is 1. The second-order valence-electron chi connectivity index (χ2n) is 7.57. The van der Waals surface area contributed by atoms with Gasteiger partial charge >= 0.3 is 0 Å². The summed E-state index contributed by atoms with van der Waals surface area (Å²) in [6.07, 6.45) is 3.83. The first-order valence-electron chi connectivity index (χ1n) is 10.3. The molecule has 166 valence electrons. The van der Waals surface area contributed by atoms with E-state index >= 15 is 0 Å². The van der Waals surface area contributed by atoms with Crippen LogP contribution in [0.25, 0.3) is 11.1 Å². The highest BCUT2D eigenvalue weighted by atomic mass is 32.2. The monoisotopic (exact) mass is 458 g/mol. The molecule has 0 aliphatic heterocycles. The highest BCUT2D eigenvalue weighted by molar-refractivity contribution is 7.85. The average Bonchev–Trinajstić information content (AvgIpc) is 2.86. The van der Waals surface area contributed by atoms with Gasteiger partial charge in [-0.3, -0.25) is 9.54 Å². The Morgan fingerprint density at radius 3 is 1.88 bits per heavy atom. The van der Waals surface area contributed by atoms with E-state index in [4.69, 9.17) is 0 Å². The molecule has 0 aliphatic rings. The molecule has 0 spiro atoms. The summed E-state index contributed by atoms with van der Waals surface area (Å²) in [5.74, 6) is -0.0405. The van der Waals surface area contributed by atoms with Gasteiger partial charge in [-0.25, -0.2) is 0 Å². The predicted molar refractivity (Wildman–Crippen MR) is 127 cm³/mol. The Morgan fingerprint density at radius 2 is 1.33 bits per heavy atom. The van der Waals surface area contributed by atoms with Crippen LogP contribution < -0.4 is 0 Å². The van der Waals surface area contributed by atoms with Gasteiger partial charge < -0.3 is 5.21 Å². The van der Waals surface area contributed by atoms with Gasteiger partial charge in [-0.2, -0.15) is 8.42 Å². The molecule has 4 aromatic rings. The molecule has 0 saturated carbocycles. The topological polar surface area (TPSA) is 99.9 Å². The third kappa shape index (κ3) is 5.34. The molecule has 1 unspecified atom stereocenters. The Balaban J connectivity index is 1.65. The van der Waals surface area contributed by atoms with Crippen LogP contribution in [-0.2, 0) is 10.1 Å². The quantitative estimate of drug-likeness (QED) is 0.167. The molecule has 0 amide bonds. The SMILES string of the molecule is O=S(=O)(O)c1ccc(-c2ccc(C(C/C(=N\O)c3ccncc3)c3ccccc3)cc2)cc1. The molecule has 0 radical (unpaired) electrons. The second kappa shape index (κ2) is 9.77. The van der Waals surface area contributed by atoms with Crippen molar-refractivity contribution in [2.45, 2.75) is 17.2 Å². The van der Waals surface area contributed by atoms with Crippen LogP contribution in [-0.4, -0.2) is 28.9 Å². The number of nitrogens with zero attached hydrogens (tertiary/aromatic N) is 2. The van der Waals surface area contributed by atoms with Gasteiger partial charge in [-0.15, -0.1) is 0 Å². The fraction of sp³-hybridized carbons (Fsp3) is 0.0769. The minimum absolute atomic E-state index is 0.0405. The van der Waals surface area contributed by atoms with E-state index in [1.807, 2.05) is 66.7 Å². The Morgan fingerprint density at radius 1 is 0.788 bits per heavy atom. The van der Waals surface area contributed by atoms with Crippen LogP contribution in [0.2, 0.25) is 0 Å². The Labute approximate surface area is 192 Å². The first kappa shape index (κ1) is 22.4. The summed E-state index contributed by atoms with van der Waals surface area (Å²) >= 11 is 0. The second-order valence-corrected chi connectivity index (χ2v) is 8.99. The molecule has 1 heterocycles. The maximum Gasteiger partial charge on any atom is 0.294 e. The number of hydrogen-bond donors (Lipinski definition) is 2. The van der Waals surface area contributed by atoms with Crippen molar-refractivity contribution in [1.82, 2.24) is 4.98 Å². The zero-order chi connectivity index (χ0) is 23.3. The molecule has 1 aromatic heterocycles. The molecule has 6 nitrogen and oxygen atoms in total. The molecular formula is C26H22N2O4S. The van der Waals surface area contributed by atoms with Gasteiger partial charge in [0.05, 0.1) is 10.6 Å². The van der Waals surface area contributed by atoms with Crippen molar-refractivity contribution >= 4 is 15.8 Å². The molecule has 7 heteroatoms. The number of benzene rings is 3. The van der Waals surface area contributed by atoms with Gasteiger partial charge in [0.1, 0.15) is 0 Å². The van der Waals surface area contributed by atoms with E-state index in [1.165, 1.54) is 12.1 Å². The van der Waals surface area contributed by atoms with Gasteiger partial charge in [-0.1, -0.05) is 71.9 Å². The van der Waals surface area contributed by atoms with Crippen LogP contribution in [0, 0.1) is 0 Å². The first-order chi connectivity index (χ1) is 16.0. The lowest BCUT2D eigenvalue weighted by Gasteiger charge is -2.19. The number of rotatable bonds is 7. The standard InChI is InChI=1S/C26H22N2O4S/c29-28-26(23-14-16-27-17-15-23)18-25(21-4-2-1-3-5-21)22-8-6-19(7-9-22)20-10-12-24(13-11-20)33(30,31)32/h1-17,25,29H,18H2,(H,30,31,32)/b28-26+. The maximum atomic E-state index is 11.3. The number of hydrogen-bond acceptors (Lipinski definition) is 5. The number of pyridine rings is 1. The zero-order valence-electron chi connectivity index (χ0n) is 17.6. The van der Waals surface area contributed by atoms with E-state index in [0.29, 0.717) is 12.1 Å². The fourth-order valence-electron chi connectivity index (χ4n) is 3.79. The Kier molecular flexibility index (Phi) is 6.63. The van der Waals surface area contributed by atoms with E-state index in [1.54, 1.807) is 24.5 Å². The first-order valence-corrected chi connectivity index (χ1v) is 11.7. The van der Waals surface area contributed by atoms with E-state index in [2.05, 4.69) is 10.1 Å². The molecule has 0 fully saturated rings. The molecule has 0 aliphatic carbocycles. The summed E-state index contributed by atoms with van der Waals surface area (Å²) in [6, 6.07) is 27.7. The summed E-state index contributed by atoms with van der Waals surface area (Å²) in [7, 11) is -4.22. The predicted octanol–water partition coefficient (Wildman–Crippen LogP) is 5.40. The largest absolute Gasteiger partial charge is 0.411 e.